The predicted octanol–water partition coefficient (Wildman–Crippen LogP) is 2.28. The van der Waals surface area contributed by atoms with E-state index in [4.69, 9.17) is 21.5 Å². The number of nitrogens with zero attached hydrogens (tertiary/aromatic N) is 1. The van der Waals surface area contributed by atoms with Crippen LogP contribution in [0.25, 0.3) is 0 Å². The molecule has 114 valence electrons. The van der Waals surface area contributed by atoms with Gasteiger partial charge < -0.3 is 9.92 Å². The monoisotopic (exact) mass is 320 g/mol. The van der Waals surface area contributed by atoms with Gasteiger partial charge in [0.2, 0.25) is 0 Å². The molecule has 0 atom stereocenters. The van der Waals surface area contributed by atoms with E-state index in [1.807, 2.05) is 26.8 Å². The molecular formula is C13H21ClN2O3S. The van der Waals surface area contributed by atoms with Gasteiger partial charge in [-0.15, -0.1) is 0 Å². The van der Waals surface area contributed by atoms with Crippen molar-refractivity contribution in [1.82, 2.24) is 4.31 Å². The number of rotatable bonds is 4. The standard InChI is InChI=1S/C13H21ClN2O3S/c1-13(2,3)10-6-9(8-15)12(11(14)7-10)19-20(17,18)16(4)5/h6-7H,8,15H2,1-5H3. The van der Waals surface area contributed by atoms with Gasteiger partial charge in [0.15, 0.2) is 5.75 Å². The van der Waals surface area contributed by atoms with Crippen LogP contribution < -0.4 is 9.92 Å². The van der Waals surface area contributed by atoms with E-state index in [1.54, 1.807) is 6.07 Å². The Morgan fingerprint density at radius 3 is 2.25 bits per heavy atom. The van der Waals surface area contributed by atoms with Crippen molar-refractivity contribution in [3.05, 3.63) is 28.3 Å². The van der Waals surface area contributed by atoms with Gasteiger partial charge in [-0.3, -0.25) is 0 Å². The third-order valence-corrected chi connectivity index (χ3v) is 4.39. The van der Waals surface area contributed by atoms with Gasteiger partial charge in [0.05, 0.1) is 5.02 Å². The van der Waals surface area contributed by atoms with Crippen LogP contribution in [0, 0.1) is 0 Å². The summed E-state index contributed by atoms with van der Waals surface area (Å²) in [5, 5.41) is 0.239. The molecule has 0 amide bonds. The molecule has 0 radical (unpaired) electrons. The van der Waals surface area contributed by atoms with Crippen LogP contribution in [0.4, 0.5) is 0 Å². The van der Waals surface area contributed by atoms with Crippen molar-refractivity contribution >= 4 is 21.9 Å². The second-order valence-electron chi connectivity index (χ2n) is 5.72. The van der Waals surface area contributed by atoms with E-state index in [2.05, 4.69) is 0 Å². The fourth-order valence-electron chi connectivity index (χ4n) is 1.51. The van der Waals surface area contributed by atoms with E-state index >= 15 is 0 Å². The highest BCUT2D eigenvalue weighted by molar-refractivity contribution is 7.84. The van der Waals surface area contributed by atoms with E-state index in [-0.39, 0.29) is 22.7 Å². The summed E-state index contributed by atoms with van der Waals surface area (Å²) in [6, 6.07) is 3.54. The molecule has 0 saturated heterocycles. The molecule has 0 unspecified atom stereocenters. The minimum atomic E-state index is -3.86. The fourth-order valence-corrected chi connectivity index (χ4v) is 2.39. The summed E-state index contributed by atoms with van der Waals surface area (Å²) in [4.78, 5) is 0. The van der Waals surface area contributed by atoms with Crippen molar-refractivity contribution in [3.63, 3.8) is 0 Å². The summed E-state index contributed by atoms with van der Waals surface area (Å²) >= 11 is 6.17. The molecule has 20 heavy (non-hydrogen) atoms. The molecule has 0 fully saturated rings. The van der Waals surface area contributed by atoms with Crippen molar-refractivity contribution in [1.29, 1.82) is 0 Å². The van der Waals surface area contributed by atoms with E-state index in [0.29, 0.717) is 5.56 Å². The first-order chi connectivity index (χ1) is 8.99. The molecule has 2 N–H and O–H groups in total. The predicted molar refractivity (Wildman–Crippen MR) is 81.3 cm³/mol. The molecule has 0 bridgehead atoms. The molecule has 0 heterocycles. The third kappa shape index (κ3) is 3.85. The molecule has 0 aliphatic rings. The minimum Gasteiger partial charge on any atom is -0.369 e. The average Bonchev–Trinajstić information content (AvgIpc) is 2.29. The molecule has 7 heteroatoms. The van der Waals surface area contributed by atoms with E-state index in [1.165, 1.54) is 14.1 Å². The van der Waals surface area contributed by atoms with Gasteiger partial charge in [0.1, 0.15) is 0 Å². The summed E-state index contributed by atoms with van der Waals surface area (Å²) in [6.45, 7) is 6.25. The van der Waals surface area contributed by atoms with E-state index in [0.717, 1.165) is 9.87 Å². The average molecular weight is 321 g/mol. The zero-order chi connectivity index (χ0) is 15.7. The number of benzene rings is 1. The fraction of sp³-hybridized carbons (Fsp3) is 0.538. The van der Waals surface area contributed by atoms with Gasteiger partial charge in [0.25, 0.3) is 0 Å². The van der Waals surface area contributed by atoms with Gasteiger partial charge >= 0.3 is 10.3 Å². The summed E-state index contributed by atoms with van der Waals surface area (Å²) in [5.74, 6) is 0.0934. The summed E-state index contributed by atoms with van der Waals surface area (Å²) in [5.41, 5.74) is 7.09. The summed E-state index contributed by atoms with van der Waals surface area (Å²) < 4.78 is 29.7. The van der Waals surface area contributed by atoms with Crippen molar-refractivity contribution < 1.29 is 12.6 Å². The number of hydrogen-bond acceptors (Lipinski definition) is 4. The lowest BCUT2D eigenvalue weighted by molar-refractivity contribution is 0.419. The van der Waals surface area contributed by atoms with Gasteiger partial charge in [-0.2, -0.15) is 12.7 Å². The Kier molecular flexibility index (Phi) is 5.08. The maximum Gasteiger partial charge on any atom is 0.384 e. The van der Waals surface area contributed by atoms with Gasteiger partial charge in [-0.05, 0) is 17.0 Å². The lowest BCUT2D eigenvalue weighted by Gasteiger charge is -2.22. The smallest absolute Gasteiger partial charge is 0.369 e. The normalized spacial score (nSPS) is 12.8. The second-order valence-corrected chi connectivity index (χ2v) is 7.88. The van der Waals surface area contributed by atoms with Gasteiger partial charge in [-0.25, -0.2) is 0 Å². The molecule has 0 aliphatic heterocycles. The van der Waals surface area contributed by atoms with Crippen molar-refractivity contribution in [2.45, 2.75) is 32.7 Å². The van der Waals surface area contributed by atoms with Gasteiger partial charge in [0, 0.05) is 26.2 Å². The molecule has 5 nitrogen and oxygen atoms in total. The van der Waals surface area contributed by atoms with E-state index in [9.17, 15) is 8.42 Å². The van der Waals surface area contributed by atoms with Crippen LogP contribution in [-0.4, -0.2) is 26.8 Å². The highest BCUT2D eigenvalue weighted by Gasteiger charge is 2.23. The largest absolute Gasteiger partial charge is 0.384 e. The molecule has 1 aromatic carbocycles. The maximum atomic E-state index is 11.8. The Bertz CT molecular complexity index is 592. The van der Waals surface area contributed by atoms with E-state index < -0.39 is 10.3 Å². The van der Waals surface area contributed by atoms with Crippen LogP contribution in [0.2, 0.25) is 5.02 Å². The number of halogens is 1. The first kappa shape index (κ1) is 17.2. The van der Waals surface area contributed by atoms with Crippen LogP contribution in [0.5, 0.6) is 5.75 Å². The third-order valence-electron chi connectivity index (χ3n) is 2.84. The number of nitrogens with two attached hydrogens (primary N) is 1. The second kappa shape index (κ2) is 5.89. The van der Waals surface area contributed by atoms with Crippen LogP contribution in [0.15, 0.2) is 12.1 Å². The number of hydrogen-bond donors (Lipinski definition) is 1. The molecule has 1 aromatic rings. The topological polar surface area (TPSA) is 72.6 Å². The molecule has 1 rings (SSSR count). The quantitative estimate of drug-likeness (QED) is 0.923. The highest BCUT2D eigenvalue weighted by Crippen LogP contribution is 2.35. The first-order valence-electron chi connectivity index (χ1n) is 6.14. The minimum absolute atomic E-state index is 0.0934. The van der Waals surface area contributed by atoms with Crippen molar-refractivity contribution in [2.24, 2.45) is 5.73 Å². The zero-order valence-corrected chi connectivity index (χ0v) is 14.0. The Morgan fingerprint density at radius 1 is 1.30 bits per heavy atom. The zero-order valence-electron chi connectivity index (χ0n) is 12.4. The van der Waals surface area contributed by atoms with Crippen LogP contribution in [0.3, 0.4) is 0 Å². The molecular weight excluding hydrogens is 300 g/mol. The van der Waals surface area contributed by atoms with Gasteiger partial charge in [-0.1, -0.05) is 38.4 Å². The molecule has 0 spiro atoms. The summed E-state index contributed by atoms with van der Waals surface area (Å²) in [6.07, 6.45) is 0. The molecule has 0 aromatic heterocycles. The first-order valence-corrected chi connectivity index (χ1v) is 7.88. The Hall–Kier alpha value is -0.820. The Labute approximate surface area is 125 Å². The van der Waals surface area contributed by atoms with Crippen LogP contribution in [-0.2, 0) is 22.3 Å². The maximum absolute atomic E-state index is 11.8. The van der Waals surface area contributed by atoms with Crippen molar-refractivity contribution in [3.8, 4) is 5.75 Å². The Morgan fingerprint density at radius 2 is 1.85 bits per heavy atom. The lowest BCUT2D eigenvalue weighted by Crippen LogP contribution is -2.27. The van der Waals surface area contributed by atoms with Crippen LogP contribution >= 0.6 is 11.6 Å². The summed E-state index contributed by atoms with van der Waals surface area (Å²) in [7, 11) is -1.09. The lowest BCUT2D eigenvalue weighted by atomic mass is 9.86. The van der Waals surface area contributed by atoms with Crippen molar-refractivity contribution in [2.75, 3.05) is 14.1 Å². The SMILES string of the molecule is CN(C)S(=O)(=O)Oc1c(Cl)cc(C(C)(C)C)cc1CN. The molecule has 0 saturated carbocycles. The van der Waals surface area contributed by atoms with Crippen LogP contribution in [0.1, 0.15) is 31.9 Å². The highest BCUT2D eigenvalue weighted by atomic mass is 35.5. The molecule has 0 aliphatic carbocycles. The Balaban J connectivity index is 3.36.